The molecule has 1 aliphatic carbocycles. The molecule has 1 aromatic carbocycles. The van der Waals surface area contributed by atoms with Crippen molar-refractivity contribution in [1.29, 1.82) is 0 Å². The van der Waals surface area contributed by atoms with Gasteiger partial charge in [-0.05, 0) is 49.8 Å². The van der Waals surface area contributed by atoms with Gasteiger partial charge in [0.2, 0.25) is 5.91 Å². The van der Waals surface area contributed by atoms with E-state index in [1.807, 2.05) is 36.6 Å². The Labute approximate surface area is 196 Å². The number of hydrogen-bond donors (Lipinski definition) is 1. The quantitative estimate of drug-likeness (QED) is 0.708. The first-order valence-corrected chi connectivity index (χ1v) is 12.1. The van der Waals surface area contributed by atoms with Gasteiger partial charge in [-0.2, -0.15) is 0 Å². The number of carbonyl (C=O) groups excluding carboxylic acids is 2. The molecular formula is C26H37N3O4. The van der Waals surface area contributed by atoms with Crippen LogP contribution in [0.2, 0.25) is 0 Å². The van der Waals surface area contributed by atoms with Gasteiger partial charge in [0.05, 0.1) is 26.3 Å². The Morgan fingerprint density at radius 2 is 1.88 bits per heavy atom. The van der Waals surface area contributed by atoms with E-state index in [9.17, 15) is 9.59 Å². The number of benzene rings is 1. The predicted molar refractivity (Wildman–Crippen MR) is 129 cm³/mol. The minimum atomic E-state index is -0.999. The number of rotatable bonds is 6. The van der Waals surface area contributed by atoms with E-state index in [0.29, 0.717) is 42.1 Å². The molecule has 0 bridgehead atoms. The fourth-order valence-corrected chi connectivity index (χ4v) is 5.64. The van der Waals surface area contributed by atoms with E-state index in [1.165, 1.54) is 6.42 Å². The Morgan fingerprint density at radius 3 is 2.55 bits per heavy atom. The zero-order valence-corrected chi connectivity index (χ0v) is 20.7. The maximum absolute atomic E-state index is 13.8. The third kappa shape index (κ3) is 3.75. The van der Waals surface area contributed by atoms with Crippen molar-refractivity contribution in [1.82, 2.24) is 14.8 Å². The Kier molecular flexibility index (Phi) is 6.34. The van der Waals surface area contributed by atoms with E-state index in [0.717, 1.165) is 30.2 Å². The van der Waals surface area contributed by atoms with E-state index in [-0.39, 0.29) is 17.9 Å². The highest BCUT2D eigenvalue weighted by Crippen LogP contribution is 2.40. The number of nitrogens with one attached hydrogen (secondary N) is 1. The molecule has 2 heterocycles. The fourth-order valence-electron chi connectivity index (χ4n) is 5.64. The molecule has 2 aromatic rings. The van der Waals surface area contributed by atoms with E-state index < -0.39 is 5.54 Å². The molecule has 2 aliphatic rings. The van der Waals surface area contributed by atoms with Crippen LogP contribution in [0.5, 0.6) is 11.5 Å². The van der Waals surface area contributed by atoms with Crippen LogP contribution in [0.15, 0.2) is 18.2 Å². The summed E-state index contributed by atoms with van der Waals surface area (Å²) in [5.74, 6) is 2.12. The van der Waals surface area contributed by atoms with Crippen LogP contribution in [-0.2, 0) is 11.3 Å². The first-order chi connectivity index (χ1) is 15.8. The number of aromatic nitrogens is 1. The molecule has 0 spiro atoms. The van der Waals surface area contributed by atoms with Gasteiger partial charge >= 0.3 is 0 Å². The summed E-state index contributed by atoms with van der Waals surface area (Å²) in [7, 11) is 3.24. The van der Waals surface area contributed by atoms with Crippen molar-refractivity contribution in [2.45, 2.75) is 71.5 Å². The summed E-state index contributed by atoms with van der Waals surface area (Å²) in [6.07, 6.45) is 4.08. The number of fused-ring (bicyclic) bond motifs is 3. The minimum absolute atomic E-state index is 0.0791. The molecule has 1 N–H and O–H groups in total. The Balaban J connectivity index is 1.78. The van der Waals surface area contributed by atoms with Crippen molar-refractivity contribution in [3.8, 4) is 11.5 Å². The molecule has 1 aromatic heterocycles. The van der Waals surface area contributed by atoms with Gasteiger partial charge < -0.3 is 24.3 Å². The topological polar surface area (TPSA) is 72.8 Å². The molecule has 7 nitrogen and oxygen atoms in total. The zero-order valence-electron chi connectivity index (χ0n) is 20.7. The molecular weight excluding hydrogens is 418 g/mol. The summed E-state index contributed by atoms with van der Waals surface area (Å²) in [4.78, 5) is 29.3. The molecule has 4 rings (SSSR count). The molecule has 2 amide bonds. The SMILES string of the molecule is CCCN1C(=O)c2cc3c(OC)ccc(OC)c3n2C[C@]1(C)C(=O)N[C@@H]1CCC[C@H](C)[C@@H]1C. The van der Waals surface area contributed by atoms with Crippen molar-refractivity contribution in [2.75, 3.05) is 20.8 Å². The lowest BCUT2D eigenvalue weighted by Crippen LogP contribution is -2.65. The lowest BCUT2D eigenvalue weighted by Gasteiger charge is -2.45. The van der Waals surface area contributed by atoms with Gasteiger partial charge in [0.25, 0.3) is 5.91 Å². The average Bonchev–Trinajstić information content (AvgIpc) is 3.18. The van der Waals surface area contributed by atoms with Crippen LogP contribution in [0, 0.1) is 11.8 Å². The zero-order chi connectivity index (χ0) is 23.9. The predicted octanol–water partition coefficient (Wildman–Crippen LogP) is 4.22. The highest BCUT2D eigenvalue weighted by Gasteiger charge is 2.48. The number of amides is 2. The molecule has 1 fully saturated rings. The van der Waals surface area contributed by atoms with Gasteiger partial charge in [-0.3, -0.25) is 9.59 Å². The van der Waals surface area contributed by atoms with Crippen molar-refractivity contribution in [2.24, 2.45) is 11.8 Å². The molecule has 1 saturated carbocycles. The molecule has 0 radical (unpaired) electrons. The van der Waals surface area contributed by atoms with Crippen molar-refractivity contribution in [3.63, 3.8) is 0 Å². The normalized spacial score (nSPS) is 27.4. The molecule has 0 unspecified atom stereocenters. The number of nitrogens with zero attached hydrogens (tertiary/aromatic N) is 2. The number of carbonyl (C=O) groups is 2. The van der Waals surface area contributed by atoms with Crippen LogP contribution in [0.1, 0.15) is 63.9 Å². The van der Waals surface area contributed by atoms with E-state index in [2.05, 4.69) is 19.2 Å². The second-order valence-electron chi connectivity index (χ2n) is 9.93. The van der Waals surface area contributed by atoms with Crippen LogP contribution in [0.4, 0.5) is 0 Å². The minimum Gasteiger partial charge on any atom is -0.496 e. The molecule has 0 saturated heterocycles. The van der Waals surface area contributed by atoms with Crippen LogP contribution in [0.3, 0.4) is 0 Å². The average molecular weight is 456 g/mol. The van der Waals surface area contributed by atoms with Crippen LogP contribution >= 0.6 is 0 Å². The third-order valence-corrected chi connectivity index (χ3v) is 7.91. The van der Waals surface area contributed by atoms with Gasteiger partial charge in [0.15, 0.2) is 0 Å². The maximum atomic E-state index is 13.8. The molecule has 33 heavy (non-hydrogen) atoms. The third-order valence-electron chi connectivity index (χ3n) is 7.91. The first-order valence-electron chi connectivity index (χ1n) is 12.1. The van der Waals surface area contributed by atoms with Gasteiger partial charge in [0, 0.05) is 18.0 Å². The Morgan fingerprint density at radius 1 is 1.18 bits per heavy atom. The molecule has 180 valence electrons. The molecule has 4 atom stereocenters. The molecule has 1 aliphatic heterocycles. The van der Waals surface area contributed by atoms with Crippen molar-refractivity contribution in [3.05, 3.63) is 23.9 Å². The van der Waals surface area contributed by atoms with Gasteiger partial charge in [-0.15, -0.1) is 0 Å². The summed E-state index contributed by atoms with van der Waals surface area (Å²) >= 11 is 0. The Hall–Kier alpha value is -2.70. The summed E-state index contributed by atoms with van der Waals surface area (Å²) < 4.78 is 13.1. The standard InChI is InChI=1S/C26H37N3O4/c1-7-13-29-24(30)20-14-18-21(32-5)11-12-22(33-6)23(18)28(20)15-26(29,4)25(31)27-19-10-8-9-16(2)17(19)3/h11-12,14,16-17,19H,7-10,13,15H2,1-6H3,(H,27,31)/t16-,17-,19+,26+/m0/s1. The lowest BCUT2D eigenvalue weighted by atomic mass is 9.77. The van der Waals surface area contributed by atoms with Crippen LogP contribution < -0.4 is 14.8 Å². The first kappa shape index (κ1) is 23.5. The van der Waals surface area contributed by atoms with Gasteiger partial charge in [-0.1, -0.05) is 33.6 Å². The summed E-state index contributed by atoms with van der Waals surface area (Å²) in [6.45, 7) is 9.30. The van der Waals surface area contributed by atoms with Crippen LogP contribution in [0.25, 0.3) is 10.9 Å². The Bertz CT molecular complexity index is 1060. The van der Waals surface area contributed by atoms with Gasteiger partial charge in [-0.25, -0.2) is 0 Å². The van der Waals surface area contributed by atoms with Crippen molar-refractivity contribution < 1.29 is 19.1 Å². The highest BCUT2D eigenvalue weighted by molar-refractivity contribution is 6.05. The largest absolute Gasteiger partial charge is 0.496 e. The molecule has 7 heteroatoms. The summed E-state index contributed by atoms with van der Waals surface area (Å²) in [6, 6.07) is 5.69. The number of methoxy groups -OCH3 is 2. The fraction of sp³-hybridized carbons (Fsp3) is 0.615. The van der Waals surface area contributed by atoms with E-state index in [1.54, 1.807) is 19.1 Å². The summed E-state index contributed by atoms with van der Waals surface area (Å²) in [5, 5.41) is 4.15. The maximum Gasteiger partial charge on any atom is 0.271 e. The number of hydrogen-bond acceptors (Lipinski definition) is 4. The van der Waals surface area contributed by atoms with Crippen LogP contribution in [-0.4, -0.2) is 53.6 Å². The number of ether oxygens (including phenoxy) is 2. The lowest BCUT2D eigenvalue weighted by molar-refractivity contribution is -0.134. The van der Waals surface area contributed by atoms with E-state index >= 15 is 0 Å². The highest BCUT2D eigenvalue weighted by atomic mass is 16.5. The second kappa shape index (κ2) is 8.92. The van der Waals surface area contributed by atoms with Crippen molar-refractivity contribution >= 4 is 22.7 Å². The smallest absolute Gasteiger partial charge is 0.271 e. The summed E-state index contributed by atoms with van der Waals surface area (Å²) in [5.41, 5.74) is 0.349. The van der Waals surface area contributed by atoms with Gasteiger partial charge in [0.1, 0.15) is 22.7 Å². The van der Waals surface area contributed by atoms with E-state index in [4.69, 9.17) is 9.47 Å². The second-order valence-corrected chi connectivity index (χ2v) is 9.93. The monoisotopic (exact) mass is 455 g/mol.